The number of hydrogen-bond donors (Lipinski definition) is 0. The second-order valence-corrected chi connectivity index (χ2v) is 4.44. The number of halogens is 1. The molecule has 0 aliphatic heterocycles. The average molecular weight is 338 g/mol. The van der Waals surface area contributed by atoms with E-state index in [2.05, 4.69) is 22.0 Å². The van der Waals surface area contributed by atoms with Crippen molar-refractivity contribution < 1.29 is 42.3 Å². The molecule has 0 aliphatic rings. The molecule has 0 aliphatic carbocycles. The molecule has 0 saturated heterocycles. The Bertz CT molecular complexity index is 292. The monoisotopic (exact) mass is 337 g/mol. The van der Waals surface area contributed by atoms with Crippen LogP contribution in [-0.2, 0) is 37.5 Å². The molecule has 1 aromatic heterocycles. The van der Waals surface area contributed by atoms with Crippen LogP contribution in [0.2, 0.25) is 0 Å². The first-order chi connectivity index (χ1) is 5.65. The van der Waals surface area contributed by atoms with Crippen molar-refractivity contribution in [2.75, 3.05) is 14.2 Å². The summed E-state index contributed by atoms with van der Waals surface area (Å²) in [6.45, 7) is 0. The molecule has 0 atom stereocenters. The van der Waals surface area contributed by atoms with Gasteiger partial charge in [-0.2, -0.15) is 12.1 Å². The number of hydroxylamine groups is 2. The average Bonchev–Trinajstić information content (AvgIpc) is 2.49. The van der Waals surface area contributed by atoms with Gasteiger partial charge in [-0.05, 0) is 8.66 Å². The maximum Gasteiger partial charge on any atom is 0.182 e. The maximum absolute atomic E-state index is 11.3. The predicted octanol–water partition coefficient (Wildman–Crippen LogP) is 1.94. The third-order valence-corrected chi connectivity index (χ3v) is 2.79. The van der Waals surface area contributed by atoms with Gasteiger partial charge in [-0.3, -0.25) is 9.90 Å². The molecule has 13 heavy (non-hydrogen) atoms. The van der Waals surface area contributed by atoms with E-state index in [0.29, 0.717) is 4.88 Å². The van der Waals surface area contributed by atoms with E-state index in [-0.39, 0.29) is 38.6 Å². The zero-order chi connectivity index (χ0) is 9.14. The standard InChI is InChI=1S/C7H7BrNO2S.Y/c1-9(11-2)7(10)5-3-4-6(8)12-5;/h4H,1-2H3;/q-1;. The number of rotatable bonds is 2. The molecular formula is C7H7BrNO2SY-. The molecule has 6 heteroatoms. The quantitative estimate of drug-likeness (QED) is 0.609. The van der Waals surface area contributed by atoms with E-state index in [4.69, 9.17) is 4.84 Å². The van der Waals surface area contributed by atoms with E-state index in [0.717, 1.165) is 8.85 Å². The summed E-state index contributed by atoms with van der Waals surface area (Å²) < 4.78 is 0.885. The van der Waals surface area contributed by atoms with Gasteiger partial charge < -0.3 is 4.79 Å². The fraction of sp³-hybridized carbons (Fsp3) is 0.286. The number of carbonyl (C=O) groups excluding carboxylic acids is 1. The minimum atomic E-state index is -0.187. The van der Waals surface area contributed by atoms with Crippen LogP contribution in [0, 0.1) is 6.07 Å². The molecule has 1 radical (unpaired) electrons. The molecule has 0 unspecified atom stereocenters. The van der Waals surface area contributed by atoms with E-state index in [1.54, 1.807) is 13.1 Å². The van der Waals surface area contributed by atoms with Gasteiger partial charge in [0.05, 0.1) is 7.11 Å². The Labute approximate surface area is 114 Å². The Balaban J connectivity index is 0.00000144. The predicted molar refractivity (Wildman–Crippen MR) is 50.0 cm³/mol. The molecule has 0 N–H and O–H groups in total. The molecule has 1 heterocycles. The van der Waals surface area contributed by atoms with Crippen LogP contribution in [0.1, 0.15) is 9.67 Å². The molecule has 0 fully saturated rings. The van der Waals surface area contributed by atoms with Crippen LogP contribution in [0.4, 0.5) is 0 Å². The van der Waals surface area contributed by atoms with E-state index >= 15 is 0 Å². The van der Waals surface area contributed by atoms with E-state index in [1.807, 2.05) is 0 Å². The van der Waals surface area contributed by atoms with Crippen molar-refractivity contribution in [2.45, 2.75) is 0 Å². The van der Waals surface area contributed by atoms with Gasteiger partial charge in [0.2, 0.25) is 0 Å². The Morgan fingerprint density at radius 1 is 1.77 bits per heavy atom. The SMILES string of the molecule is CON(C)C(=O)c1[c-]cc(Br)s1.[Y]. The molecule has 0 spiro atoms. The third kappa shape index (κ3) is 3.76. The second-order valence-electron chi connectivity index (χ2n) is 2.01. The number of amides is 1. The van der Waals surface area contributed by atoms with E-state index in [1.165, 1.54) is 18.4 Å². The summed E-state index contributed by atoms with van der Waals surface area (Å²) in [4.78, 5) is 16.6. The van der Waals surface area contributed by atoms with Crippen molar-refractivity contribution in [3.05, 3.63) is 20.8 Å². The van der Waals surface area contributed by atoms with Crippen LogP contribution < -0.4 is 0 Å². The summed E-state index contributed by atoms with van der Waals surface area (Å²) in [7, 11) is 3.00. The van der Waals surface area contributed by atoms with E-state index in [9.17, 15) is 4.79 Å². The van der Waals surface area contributed by atoms with Crippen molar-refractivity contribution in [1.29, 1.82) is 0 Å². The smallest absolute Gasteiger partial charge is 0.182 e. The molecule has 1 amide bonds. The van der Waals surface area contributed by atoms with Crippen LogP contribution in [0.25, 0.3) is 0 Å². The summed E-state index contributed by atoms with van der Waals surface area (Å²) in [6, 6.07) is 4.53. The zero-order valence-corrected chi connectivity index (χ0v) is 12.4. The van der Waals surface area contributed by atoms with Gasteiger partial charge in [0.15, 0.2) is 5.91 Å². The van der Waals surface area contributed by atoms with Gasteiger partial charge in [0, 0.05) is 39.8 Å². The van der Waals surface area contributed by atoms with Gasteiger partial charge in [-0.25, -0.2) is 11.3 Å². The zero-order valence-electron chi connectivity index (χ0n) is 7.20. The van der Waals surface area contributed by atoms with E-state index < -0.39 is 0 Å². The molecule has 69 valence electrons. The normalized spacial score (nSPS) is 9.15. The second kappa shape index (κ2) is 6.24. The van der Waals surface area contributed by atoms with Crippen molar-refractivity contribution in [3.8, 4) is 0 Å². The van der Waals surface area contributed by atoms with Gasteiger partial charge in [-0.15, -0.1) is 15.9 Å². The Morgan fingerprint density at radius 2 is 2.38 bits per heavy atom. The molecule has 0 saturated carbocycles. The van der Waals surface area contributed by atoms with Crippen molar-refractivity contribution in [1.82, 2.24) is 5.06 Å². The Morgan fingerprint density at radius 3 is 2.77 bits per heavy atom. The minimum absolute atomic E-state index is 0. The number of hydrogen-bond acceptors (Lipinski definition) is 3. The van der Waals surface area contributed by atoms with Crippen molar-refractivity contribution >= 4 is 33.2 Å². The summed E-state index contributed by atoms with van der Waals surface area (Å²) >= 11 is 4.58. The van der Waals surface area contributed by atoms with Crippen LogP contribution in [0.15, 0.2) is 9.85 Å². The molecule has 1 rings (SSSR count). The number of nitrogens with zero attached hydrogens (tertiary/aromatic N) is 1. The summed E-state index contributed by atoms with van der Waals surface area (Å²) in [6.07, 6.45) is 0. The van der Waals surface area contributed by atoms with Crippen LogP contribution in [0.5, 0.6) is 0 Å². The fourth-order valence-electron chi connectivity index (χ4n) is 0.610. The molecule has 0 bridgehead atoms. The Hall–Kier alpha value is 0.714. The van der Waals surface area contributed by atoms with Crippen molar-refractivity contribution in [2.24, 2.45) is 0 Å². The fourth-order valence-corrected chi connectivity index (χ4v) is 1.86. The molecular weight excluding hydrogens is 331 g/mol. The third-order valence-electron chi connectivity index (χ3n) is 1.27. The first kappa shape index (κ1) is 13.7. The topological polar surface area (TPSA) is 29.5 Å². The van der Waals surface area contributed by atoms with Crippen LogP contribution in [-0.4, -0.2) is 25.1 Å². The van der Waals surface area contributed by atoms with Gasteiger partial charge >= 0.3 is 0 Å². The van der Waals surface area contributed by atoms with Gasteiger partial charge in [0.25, 0.3) is 0 Å². The first-order valence-corrected chi connectivity index (χ1v) is 4.75. The van der Waals surface area contributed by atoms with Gasteiger partial charge in [-0.1, -0.05) is 0 Å². The largest absolute Gasteiger partial charge is 0.342 e. The molecule has 0 aromatic carbocycles. The maximum atomic E-state index is 11.3. The summed E-state index contributed by atoms with van der Waals surface area (Å²) in [5.74, 6) is -0.187. The first-order valence-electron chi connectivity index (χ1n) is 3.14. The van der Waals surface area contributed by atoms with Gasteiger partial charge in [0.1, 0.15) is 0 Å². The minimum Gasteiger partial charge on any atom is -0.342 e. The molecule has 1 aromatic rings. The van der Waals surface area contributed by atoms with Crippen molar-refractivity contribution in [3.63, 3.8) is 0 Å². The molecule has 3 nitrogen and oxygen atoms in total. The summed E-state index contributed by atoms with van der Waals surface area (Å²) in [5, 5.41) is 1.16. The Kier molecular flexibility index (Phi) is 6.59. The van der Waals surface area contributed by atoms with Crippen LogP contribution >= 0.6 is 27.3 Å². The number of carbonyl (C=O) groups is 1. The van der Waals surface area contributed by atoms with Crippen LogP contribution in [0.3, 0.4) is 0 Å². The summed E-state index contributed by atoms with van der Waals surface area (Å²) in [5.41, 5.74) is 0. The number of thiophene rings is 1.